The molecule has 0 saturated heterocycles. The number of pyridine rings is 1. The lowest BCUT2D eigenvalue weighted by molar-refractivity contribution is 1.25. The van der Waals surface area contributed by atoms with Crippen LogP contribution in [0.3, 0.4) is 0 Å². The van der Waals surface area contributed by atoms with Crippen LogP contribution in [0.25, 0.3) is 21.9 Å². The Balaban J connectivity index is 2.22. The van der Waals surface area contributed by atoms with Crippen molar-refractivity contribution < 1.29 is 0 Å². The van der Waals surface area contributed by atoms with Gasteiger partial charge in [-0.1, -0.05) is 42.5 Å². The first-order valence-electron chi connectivity index (χ1n) is 5.79. The van der Waals surface area contributed by atoms with Crippen molar-refractivity contribution in [3.8, 4) is 11.1 Å². The van der Waals surface area contributed by atoms with Crippen molar-refractivity contribution in [2.75, 3.05) is 5.43 Å². The molecule has 3 N–H and O–H groups in total. The number of nitrogens with one attached hydrogen (secondary N) is 1. The van der Waals surface area contributed by atoms with Crippen LogP contribution in [0.5, 0.6) is 0 Å². The molecule has 0 aliphatic rings. The number of nitrogen functional groups attached to an aromatic ring is 1. The Morgan fingerprint density at radius 3 is 2.50 bits per heavy atom. The molecule has 3 aromatic rings. The molecule has 0 spiro atoms. The summed E-state index contributed by atoms with van der Waals surface area (Å²) in [7, 11) is 0. The van der Waals surface area contributed by atoms with Crippen LogP contribution in [-0.4, -0.2) is 4.98 Å². The lowest BCUT2D eigenvalue weighted by atomic mass is 10.0. The van der Waals surface area contributed by atoms with E-state index in [2.05, 4.69) is 40.7 Å². The molecule has 18 heavy (non-hydrogen) atoms. The summed E-state index contributed by atoms with van der Waals surface area (Å²) in [4.78, 5) is 4.22. The van der Waals surface area contributed by atoms with Crippen LogP contribution in [0, 0.1) is 0 Å². The average molecular weight is 235 g/mol. The molecule has 0 unspecified atom stereocenters. The van der Waals surface area contributed by atoms with Gasteiger partial charge in [0.1, 0.15) is 5.82 Å². The summed E-state index contributed by atoms with van der Waals surface area (Å²) in [5.74, 6) is 6.19. The highest BCUT2D eigenvalue weighted by Gasteiger charge is 2.03. The number of hydrazine groups is 1. The quantitative estimate of drug-likeness (QED) is 0.530. The number of aromatic nitrogens is 1. The Kier molecular flexibility index (Phi) is 2.67. The normalized spacial score (nSPS) is 10.5. The first kappa shape index (κ1) is 10.7. The minimum absolute atomic E-state index is 0.699. The van der Waals surface area contributed by atoms with Crippen LogP contribution < -0.4 is 11.3 Å². The molecular formula is C15H13N3. The van der Waals surface area contributed by atoms with E-state index in [9.17, 15) is 0 Å². The first-order valence-corrected chi connectivity index (χ1v) is 5.79. The van der Waals surface area contributed by atoms with Gasteiger partial charge in [0.25, 0.3) is 0 Å². The molecule has 0 saturated carbocycles. The van der Waals surface area contributed by atoms with Gasteiger partial charge >= 0.3 is 0 Å². The van der Waals surface area contributed by atoms with Gasteiger partial charge in [-0.15, -0.1) is 0 Å². The summed E-state index contributed by atoms with van der Waals surface area (Å²) in [6.45, 7) is 0. The number of fused-ring (bicyclic) bond motifs is 1. The highest BCUT2D eigenvalue weighted by atomic mass is 15.2. The third kappa shape index (κ3) is 1.81. The van der Waals surface area contributed by atoms with Gasteiger partial charge in [-0.25, -0.2) is 10.8 Å². The Labute approximate surface area is 105 Å². The van der Waals surface area contributed by atoms with E-state index in [0.717, 1.165) is 16.3 Å². The number of nitrogens with two attached hydrogens (primary N) is 1. The molecule has 0 aliphatic heterocycles. The molecule has 1 aromatic heterocycles. The number of hydrogen-bond donors (Lipinski definition) is 2. The Bertz CT molecular complexity index is 678. The van der Waals surface area contributed by atoms with Crippen LogP contribution in [-0.2, 0) is 0 Å². The molecule has 0 radical (unpaired) electrons. The summed E-state index contributed by atoms with van der Waals surface area (Å²) in [5.41, 5.74) is 4.98. The Morgan fingerprint density at radius 1 is 0.889 bits per heavy atom. The molecule has 0 amide bonds. The second-order valence-electron chi connectivity index (χ2n) is 4.11. The lowest BCUT2D eigenvalue weighted by Crippen LogP contribution is -2.08. The second-order valence-corrected chi connectivity index (χ2v) is 4.11. The summed E-state index contributed by atoms with van der Waals surface area (Å²) >= 11 is 0. The minimum atomic E-state index is 0.699. The summed E-state index contributed by atoms with van der Waals surface area (Å²) in [6, 6.07) is 18.5. The van der Waals surface area contributed by atoms with Crippen molar-refractivity contribution in [3.63, 3.8) is 0 Å². The van der Waals surface area contributed by atoms with Crippen LogP contribution in [0.2, 0.25) is 0 Å². The van der Waals surface area contributed by atoms with Gasteiger partial charge in [0.15, 0.2) is 0 Å². The van der Waals surface area contributed by atoms with Gasteiger partial charge in [-0.05, 0) is 28.6 Å². The van der Waals surface area contributed by atoms with Crippen molar-refractivity contribution in [1.29, 1.82) is 0 Å². The zero-order chi connectivity index (χ0) is 12.4. The molecule has 0 aliphatic carbocycles. The van der Waals surface area contributed by atoms with Crippen molar-refractivity contribution >= 4 is 16.6 Å². The first-order chi connectivity index (χ1) is 8.88. The zero-order valence-electron chi connectivity index (χ0n) is 9.80. The summed E-state index contributed by atoms with van der Waals surface area (Å²) < 4.78 is 0. The predicted octanol–water partition coefficient (Wildman–Crippen LogP) is 3.19. The number of rotatable bonds is 2. The number of benzene rings is 2. The highest BCUT2D eigenvalue weighted by molar-refractivity contribution is 5.94. The number of hydrogen-bond acceptors (Lipinski definition) is 3. The third-order valence-electron chi connectivity index (χ3n) is 3.01. The smallest absolute Gasteiger partial charge is 0.147 e. The molecule has 0 atom stereocenters. The van der Waals surface area contributed by atoms with Gasteiger partial charge in [0.2, 0.25) is 0 Å². The number of nitrogens with zero attached hydrogens (tertiary/aromatic N) is 1. The Morgan fingerprint density at radius 2 is 1.72 bits per heavy atom. The van der Waals surface area contributed by atoms with E-state index in [1.54, 1.807) is 6.20 Å². The molecule has 0 fully saturated rings. The van der Waals surface area contributed by atoms with Gasteiger partial charge < -0.3 is 5.43 Å². The monoisotopic (exact) mass is 235 g/mol. The van der Waals surface area contributed by atoms with E-state index >= 15 is 0 Å². The van der Waals surface area contributed by atoms with Gasteiger partial charge in [-0.2, -0.15) is 0 Å². The average Bonchev–Trinajstić information content (AvgIpc) is 2.47. The lowest BCUT2D eigenvalue weighted by Gasteiger charge is -2.07. The SMILES string of the molecule is NNc1nccc2ccc(-c3ccccc3)cc12. The fourth-order valence-corrected chi connectivity index (χ4v) is 2.09. The maximum atomic E-state index is 5.49. The van der Waals surface area contributed by atoms with E-state index in [-0.39, 0.29) is 0 Å². The van der Waals surface area contributed by atoms with Crippen LogP contribution in [0.1, 0.15) is 0 Å². The summed E-state index contributed by atoms with van der Waals surface area (Å²) in [6.07, 6.45) is 1.75. The molecule has 2 aromatic carbocycles. The maximum absolute atomic E-state index is 5.49. The van der Waals surface area contributed by atoms with E-state index in [0.29, 0.717) is 5.82 Å². The molecule has 0 bridgehead atoms. The Hall–Kier alpha value is -2.39. The highest BCUT2D eigenvalue weighted by Crippen LogP contribution is 2.27. The third-order valence-corrected chi connectivity index (χ3v) is 3.01. The molecule has 3 rings (SSSR count). The molecule has 3 heteroatoms. The van der Waals surface area contributed by atoms with E-state index in [4.69, 9.17) is 5.84 Å². The fraction of sp³-hybridized carbons (Fsp3) is 0. The standard InChI is InChI=1S/C15H13N3/c16-18-15-14-10-13(11-4-2-1-3-5-11)7-6-12(14)8-9-17-15/h1-10H,16H2,(H,17,18). The van der Waals surface area contributed by atoms with Crippen LogP contribution in [0.15, 0.2) is 60.8 Å². The van der Waals surface area contributed by atoms with E-state index in [1.165, 1.54) is 5.56 Å². The largest absolute Gasteiger partial charge is 0.308 e. The predicted molar refractivity (Wildman–Crippen MR) is 75.0 cm³/mol. The van der Waals surface area contributed by atoms with Crippen LogP contribution in [0.4, 0.5) is 5.82 Å². The van der Waals surface area contributed by atoms with Crippen molar-refractivity contribution in [1.82, 2.24) is 4.98 Å². The topological polar surface area (TPSA) is 50.9 Å². The molecular weight excluding hydrogens is 222 g/mol. The van der Waals surface area contributed by atoms with E-state index in [1.807, 2.05) is 24.3 Å². The molecule has 88 valence electrons. The van der Waals surface area contributed by atoms with Crippen molar-refractivity contribution in [2.45, 2.75) is 0 Å². The number of anilines is 1. The second kappa shape index (κ2) is 4.47. The van der Waals surface area contributed by atoms with E-state index < -0.39 is 0 Å². The van der Waals surface area contributed by atoms with Crippen molar-refractivity contribution in [2.24, 2.45) is 5.84 Å². The molecule has 1 heterocycles. The summed E-state index contributed by atoms with van der Waals surface area (Å²) in [5, 5.41) is 2.15. The van der Waals surface area contributed by atoms with Gasteiger partial charge in [0, 0.05) is 11.6 Å². The van der Waals surface area contributed by atoms with Crippen LogP contribution >= 0.6 is 0 Å². The van der Waals surface area contributed by atoms with Gasteiger partial charge in [-0.3, -0.25) is 0 Å². The zero-order valence-corrected chi connectivity index (χ0v) is 9.80. The fourth-order valence-electron chi connectivity index (χ4n) is 2.09. The maximum Gasteiger partial charge on any atom is 0.147 e. The van der Waals surface area contributed by atoms with Gasteiger partial charge in [0.05, 0.1) is 0 Å². The minimum Gasteiger partial charge on any atom is -0.308 e. The molecule has 3 nitrogen and oxygen atoms in total. The van der Waals surface area contributed by atoms with Crippen molar-refractivity contribution in [3.05, 3.63) is 60.8 Å².